The van der Waals surface area contributed by atoms with Crippen molar-refractivity contribution in [3.05, 3.63) is 106 Å². The van der Waals surface area contributed by atoms with Crippen molar-refractivity contribution < 1.29 is 14.3 Å². The van der Waals surface area contributed by atoms with Gasteiger partial charge in [-0.2, -0.15) is 5.26 Å². The van der Waals surface area contributed by atoms with Crippen LogP contribution in [0.25, 0.3) is 22.3 Å². The van der Waals surface area contributed by atoms with Crippen molar-refractivity contribution in [3.8, 4) is 28.9 Å². The fraction of sp³-hybridized carbons (Fsp3) is 0.0400. The Kier molecular flexibility index (Phi) is 4.23. The zero-order chi connectivity index (χ0) is 21.5. The molecule has 6 nitrogen and oxygen atoms in total. The lowest BCUT2D eigenvalue weighted by molar-refractivity contribution is 0.388. The third kappa shape index (κ3) is 2.92. The van der Waals surface area contributed by atoms with Crippen LogP contribution in [0.15, 0.2) is 93.5 Å². The van der Waals surface area contributed by atoms with E-state index in [0.29, 0.717) is 16.9 Å². The number of nitrogens with two attached hydrogens (primary N) is 1. The number of benzene rings is 3. The predicted molar refractivity (Wildman–Crippen MR) is 115 cm³/mol. The number of phenols is 1. The molecule has 1 unspecified atom stereocenters. The number of phenolic OH excluding ortho intramolecular Hbond substituents is 1. The van der Waals surface area contributed by atoms with Gasteiger partial charge in [-0.25, -0.2) is 0 Å². The van der Waals surface area contributed by atoms with E-state index in [4.69, 9.17) is 14.9 Å². The zero-order valence-corrected chi connectivity index (χ0v) is 16.2. The van der Waals surface area contributed by atoms with Crippen LogP contribution in [-0.2, 0) is 0 Å². The average Bonchev–Trinajstić information content (AvgIpc) is 2.79. The molecule has 150 valence electrons. The summed E-state index contributed by atoms with van der Waals surface area (Å²) in [4.78, 5) is 13.0. The average molecular weight is 408 g/mol. The fourth-order valence-electron chi connectivity index (χ4n) is 3.97. The third-order valence-corrected chi connectivity index (χ3v) is 5.36. The minimum atomic E-state index is -0.618. The minimum absolute atomic E-state index is 0.0284. The molecule has 0 saturated heterocycles. The molecule has 4 aromatic rings. The first-order valence-corrected chi connectivity index (χ1v) is 9.60. The number of ether oxygens (including phenoxy) is 1. The Balaban J connectivity index is 1.90. The molecule has 3 N–H and O–H groups in total. The Morgan fingerprint density at radius 1 is 1.00 bits per heavy atom. The van der Waals surface area contributed by atoms with Crippen molar-refractivity contribution in [2.75, 3.05) is 0 Å². The molecule has 6 heteroatoms. The van der Waals surface area contributed by atoms with Crippen molar-refractivity contribution in [3.63, 3.8) is 0 Å². The monoisotopic (exact) mass is 408 g/mol. The highest BCUT2D eigenvalue weighted by atomic mass is 16.5. The standard InChI is InChI=1S/C25H16N2O4/c26-13-16-21(15-9-5-2-6-10-15)23-20(31-25(16)27)12-18(29)22-17(28)11-19(30-24(22)23)14-7-3-1-4-8-14/h1-12,21,29H,27H2. The maximum Gasteiger partial charge on any atom is 0.205 e. The number of rotatable bonds is 2. The molecule has 0 bridgehead atoms. The Labute approximate surface area is 177 Å². The predicted octanol–water partition coefficient (Wildman–Crippen LogP) is 4.38. The van der Waals surface area contributed by atoms with Crippen LogP contribution in [0.3, 0.4) is 0 Å². The van der Waals surface area contributed by atoms with E-state index in [0.717, 1.165) is 5.56 Å². The molecule has 1 aromatic heterocycles. The molecule has 0 aliphatic carbocycles. The molecule has 1 aliphatic rings. The second kappa shape index (κ2) is 7.08. The van der Waals surface area contributed by atoms with Gasteiger partial charge >= 0.3 is 0 Å². The SMILES string of the molecule is N#CC1=C(N)Oc2cc(O)c3c(=O)cc(-c4ccccc4)oc3c2C1c1ccccc1. The van der Waals surface area contributed by atoms with Gasteiger partial charge in [0.05, 0.1) is 11.5 Å². The molecule has 0 amide bonds. The first kappa shape index (κ1) is 18.5. The molecule has 0 spiro atoms. The molecule has 0 radical (unpaired) electrons. The van der Waals surface area contributed by atoms with Gasteiger partial charge in [-0.3, -0.25) is 4.79 Å². The summed E-state index contributed by atoms with van der Waals surface area (Å²) in [6.45, 7) is 0. The Morgan fingerprint density at radius 3 is 2.35 bits per heavy atom. The van der Waals surface area contributed by atoms with Gasteiger partial charge in [0.25, 0.3) is 0 Å². The molecule has 0 fully saturated rings. The first-order chi connectivity index (χ1) is 15.1. The summed E-state index contributed by atoms with van der Waals surface area (Å²) in [5.74, 6) is -0.360. The summed E-state index contributed by atoms with van der Waals surface area (Å²) in [6, 6.07) is 23.3. The number of nitrogens with zero attached hydrogens (tertiary/aromatic N) is 1. The van der Waals surface area contributed by atoms with Gasteiger partial charge in [-0.1, -0.05) is 60.7 Å². The van der Waals surface area contributed by atoms with Crippen LogP contribution in [0.5, 0.6) is 11.5 Å². The van der Waals surface area contributed by atoms with Crippen molar-refractivity contribution in [1.82, 2.24) is 0 Å². The van der Waals surface area contributed by atoms with Gasteiger partial charge in [0, 0.05) is 17.7 Å². The minimum Gasteiger partial charge on any atom is -0.507 e. The van der Waals surface area contributed by atoms with Gasteiger partial charge in [0.15, 0.2) is 5.43 Å². The van der Waals surface area contributed by atoms with Crippen LogP contribution < -0.4 is 15.9 Å². The lowest BCUT2D eigenvalue weighted by atomic mass is 9.82. The zero-order valence-electron chi connectivity index (χ0n) is 16.2. The van der Waals surface area contributed by atoms with Crippen LogP contribution >= 0.6 is 0 Å². The molecular formula is C25H16N2O4. The van der Waals surface area contributed by atoms with Gasteiger partial charge < -0.3 is 20.0 Å². The molecule has 3 aromatic carbocycles. The van der Waals surface area contributed by atoms with Gasteiger partial charge in [0.1, 0.15) is 39.9 Å². The number of fused-ring (bicyclic) bond motifs is 3. The normalized spacial score (nSPS) is 15.3. The number of hydrogen-bond acceptors (Lipinski definition) is 6. The molecule has 0 saturated carbocycles. The van der Waals surface area contributed by atoms with Gasteiger partial charge in [0.2, 0.25) is 5.88 Å². The molecule has 1 atom stereocenters. The number of hydrogen-bond donors (Lipinski definition) is 2. The maximum atomic E-state index is 13.0. The highest BCUT2D eigenvalue weighted by molar-refractivity contribution is 5.91. The Hall–Kier alpha value is -4.50. The van der Waals surface area contributed by atoms with Crippen LogP contribution in [-0.4, -0.2) is 5.11 Å². The summed E-state index contributed by atoms with van der Waals surface area (Å²) in [5.41, 5.74) is 7.98. The highest BCUT2D eigenvalue weighted by Gasteiger charge is 2.35. The van der Waals surface area contributed by atoms with E-state index in [1.807, 2.05) is 60.7 Å². The summed E-state index contributed by atoms with van der Waals surface area (Å²) in [7, 11) is 0. The van der Waals surface area contributed by atoms with Gasteiger partial charge in [-0.05, 0) is 5.56 Å². The number of allylic oxidation sites excluding steroid dienone is 1. The van der Waals surface area contributed by atoms with E-state index in [1.54, 1.807) is 0 Å². The fourth-order valence-corrected chi connectivity index (χ4v) is 3.97. The Bertz CT molecular complexity index is 1450. The smallest absolute Gasteiger partial charge is 0.205 e. The largest absolute Gasteiger partial charge is 0.507 e. The quantitative estimate of drug-likeness (QED) is 0.509. The van der Waals surface area contributed by atoms with E-state index in [-0.39, 0.29) is 33.9 Å². The topological polar surface area (TPSA) is 109 Å². The van der Waals surface area contributed by atoms with Crippen LogP contribution in [0.2, 0.25) is 0 Å². The van der Waals surface area contributed by atoms with E-state index in [2.05, 4.69) is 6.07 Å². The molecule has 1 aliphatic heterocycles. The molecule has 31 heavy (non-hydrogen) atoms. The maximum absolute atomic E-state index is 13.0. The van der Waals surface area contributed by atoms with E-state index in [9.17, 15) is 15.2 Å². The summed E-state index contributed by atoms with van der Waals surface area (Å²) < 4.78 is 11.8. The highest BCUT2D eigenvalue weighted by Crippen LogP contribution is 2.47. The van der Waals surface area contributed by atoms with Crippen LogP contribution in [0.1, 0.15) is 17.0 Å². The first-order valence-electron chi connectivity index (χ1n) is 9.60. The molecular weight excluding hydrogens is 392 g/mol. The van der Waals surface area contributed by atoms with Crippen molar-refractivity contribution in [1.29, 1.82) is 5.26 Å². The van der Waals surface area contributed by atoms with Crippen molar-refractivity contribution in [2.24, 2.45) is 5.73 Å². The number of aromatic hydroxyl groups is 1. The van der Waals surface area contributed by atoms with Crippen LogP contribution in [0, 0.1) is 11.3 Å². The summed E-state index contributed by atoms with van der Waals surface area (Å²) in [6.07, 6.45) is 0. The van der Waals surface area contributed by atoms with Crippen molar-refractivity contribution >= 4 is 11.0 Å². The number of nitriles is 1. The third-order valence-electron chi connectivity index (χ3n) is 5.36. The molecule has 2 heterocycles. The second-order valence-electron chi connectivity index (χ2n) is 7.19. The lowest BCUT2D eigenvalue weighted by Crippen LogP contribution is -2.22. The van der Waals surface area contributed by atoms with Crippen LogP contribution in [0.4, 0.5) is 0 Å². The summed E-state index contributed by atoms with van der Waals surface area (Å²) >= 11 is 0. The second-order valence-corrected chi connectivity index (χ2v) is 7.19. The van der Waals surface area contributed by atoms with Crippen molar-refractivity contribution in [2.45, 2.75) is 5.92 Å². The van der Waals surface area contributed by atoms with E-state index in [1.165, 1.54) is 12.1 Å². The van der Waals surface area contributed by atoms with Gasteiger partial charge in [-0.15, -0.1) is 0 Å². The summed E-state index contributed by atoms with van der Waals surface area (Å²) in [5, 5.41) is 20.4. The Morgan fingerprint density at radius 2 is 1.68 bits per heavy atom. The van der Waals surface area contributed by atoms with E-state index >= 15 is 0 Å². The molecule has 5 rings (SSSR count). The lowest BCUT2D eigenvalue weighted by Gasteiger charge is -2.27. The van der Waals surface area contributed by atoms with E-state index < -0.39 is 11.3 Å².